The maximum absolute atomic E-state index is 6.79. The topological polar surface area (TPSA) is 34.5 Å². The molecule has 0 amide bonds. The summed E-state index contributed by atoms with van der Waals surface area (Å²) in [4.78, 5) is 2.31. The molecule has 0 radical (unpaired) electrons. The van der Waals surface area contributed by atoms with Crippen LogP contribution in [0.1, 0.15) is 0 Å². The molecule has 0 atom stereocenters. The number of fused-ring (bicyclic) bond motifs is 9. The van der Waals surface area contributed by atoms with Crippen LogP contribution in [0.25, 0.3) is 105 Å². The molecule has 13 rings (SSSR count). The van der Waals surface area contributed by atoms with Gasteiger partial charge >= 0.3 is 0 Å². The lowest BCUT2D eigenvalue weighted by Gasteiger charge is -2.26. The van der Waals surface area contributed by atoms with Crippen LogP contribution in [0.2, 0.25) is 0 Å². The van der Waals surface area contributed by atoms with E-state index in [0.717, 1.165) is 83.3 Å². The third kappa shape index (κ3) is 5.84. The van der Waals surface area contributed by atoms with Crippen molar-refractivity contribution >= 4 is 82.7 Å². The molecule has 0 saturated carbocycles. The Morgan fingerprint density at radius 2 is 0.781 bits per heavy atom. The third-order valence-electron chi connectivity index (χ3n) is 12.8. The number of anilines is 3. The fourth-order valence-corrected chi connectivity index (χ4v) is 9.73. The number of hydrogen-bond donors (Lipinski definition) is 0. The summed E-state index contributed by atoms with van der Waals surface area (Å²) in [6.07, 6.45) is 0. The predicted molar refractivity (Wildman–Crippen MR) is 266 cm³/mol. The second kappa shape index (κ2) is 14.5. The highest BCUT2D eigenvalue weighted by atomic mass is 16.3. The molecule has 0 aliphatic carbocycles. The Hall–Kier alpha value is -8.60. The Kier molecular flexibility index (Phi) is 8.18. The quantitative estimate of drug-likeness (QED) is 0.161. The van der Waals surface area contributed by atoms with Crippen molar-refractivity contribution in [2.24, 2.45) is 0 Å². The summed E-state index contributed by atoms with van der Waals surface area (Å²) in [5.74, 6) is 0. The highest BCUT2D eigenvalue weighted by Crippen LogP contribution is 2.42. The molecule has 0 aliphatic rings. The van der Waals surface area contributed by atoms with Crippen LogP contribution in [0, 0.1) is 0 Å². The highest BCUT2D eigenvalue weighted by molar-refractivity contribution is 6.11. The summed E-state index contributed by atoms with van der Waals surface area (Å²) in [7, 11) is 0. The van der Waals surface area contributed by atoms with Crippen molar-refractivity contribution < 1.29 is 8.83 Å². The first-order valence-electron chi connectivity index (χ1n) is 21.7. The van der Waals surface area contributed by atoms with Crippen LogP contribution in [0.15, 0.2) is 239 Å². The van der Waals surface area contributed by atoms with Gasteiger partial charge in [-0.25, -0.2) is 0 Å². The molecule has 0 fully saturated rings. The maximum Gasteiger partial charge on any atom is 0.143 e. The van der Waals surface area contributed by atoms with Gasteiger partial charge in [0, 0.05) is 72.8 Å². The lowest BCUT2D eigenvalue weighted by atomic mass is 10.00. The summed E-state index contributed by atoms with van der Waals surface area (Å²) < 4.78 is 15.6. The van der Waals surface area contributed by atoms with Crippen LogP contribution < -0.4 is 4.90 Å². The van der Waals surface area contributed by atoms with E-state index < -0.39 is 0 Å². The normalized spacial score (nSPS) is 11.8. The summed E-state index contributed by atoms with van der Waals surface area (Å²) >= 11 is 0. The Bertz CT molecular complexity index is 3820. The molecule has 10 aromatic carbocycles. The summed E-state index contributed by atoms with van der Waals surface area (Å²) in [6, 6.07) is 82.0. The first-order chi connectivity index (χ1) is 31.7. The Labute approximate surface area is 369 Å². The van der Waals surface area contributed by atoms with Gasteiger partial charge in [-0.2, -0.15) is 0 Å². The van der Waals surface area contributed by atoms with Gasteiger partial charge in [0.15, 0.2) is 0 Å². The van der Waals surface area contributed by atoms with E-state index in [0.29, 0.717) is 0 Å². The number of rotatable bonds is 7. The minimum atomic E-state index is 0.834. The molecule has 64 heavy (non-hydrogen) atoms. The fourth-order valence-electron chi connectivity index (χ4n) is 9.73. The molecule has 13 aromatic rings. The summed E-state index contributed by atoms with van der Waals surface area (Å²) in [6.45, 7) is 0. The highest BCUT2D eigenvalue weighted by Gasteiger charge is 2.19. The zero-order valence-corrected chi connectivity index (χ0v) is 34.7. The maximum atomic E-state index is 6.79. The minimum absolute atomic E-state index is 0.834. The van der Waals surface area contributed by atoms with Crippen molar-refractivity contribution in [3.8, 4) is 39.1 Å². The Morgan fingerprint density at radius 3 is 1.45 bits per heavy atom. The van der Waals surface area contributed by atoms with Crippen LogP contribution >= 0.6 is 0 Å². The predicted octanol–water partition coefficient (Wildman–Crippen LogP) is 17.1. The van der Waals surface area contributed by atoms with Gasteiger partial charge in [0.2, 0.25) is 0 Å². The standard InChI is InChI=1S/C60H38N2O2/c1-2-11-39(12-3-1)40-21-23-41(24-22-40)42-25-29-44(30-26-42)61(45-31-27-43(28-32-45)48-16-10-17-54-51-15-6-9-20-57(51)64-60(48)54)46-33-35-52-53-36-34-47(38-59(53)63-58(52)37-46)62-55-18-7-4-13-49(55)50-14-5-8-19-56(50)62/h1-38H. The number of aromatic nitrogens is 1. The zero-order chi connectivity index (χ0) is 42.1. The van der Waals surface area contributed by atoms with Crippen molar-refractivity contribution in [1.29, 1.82) is 0 Å². The molecule has 0 bridgehead atoms. The monoisotopic (exact) mass is 818 g/mol. The van der Waals surface area contributed by atoms with Gasteiger partial charge in [0.1, 0.15) is 22.3 Å². The lowest BCUT2D eigenvalue weighted by molar-refractivity contribution is 0.668. The van der Waals surface area contributed by atoms with Crippen LogP contribution in [0.3, 0.4) is 0 Å². The second-order valence-electron chi connectivity index (χ2n) is 16.5. The van der Waals surface area contributed by atoms with Crippen LogP contribution in [-0.4, -0.2) is 4.57 Å². The smallest absolute Gasteiger partial charge is 0.143 e. The molecule has 0 unspecified atom stereocenters. The molecule has 0 saturated heterocycles. The van der Waals surface area contributed by atoms with E-state index in [9.17, 15) is 0 Å². The second-order valence-corrected chi connectivity index (χ2v) is 16.5. The first-order valence-corrected chi connectivity index (χ1v) is 21.7. The summed E-state index contributed by atoms with van der Waals surface area (Å²) in [5.41, 5.74) is 16.9. The summed E-state index contributed by atoms with van der Waals surface area (Å²) in [5, 5.41) is 6.89. The van der Waals surface area contributed by atoms with Crippen molar-refractivity contribution in [2.75, 3.05) is 4.90 Å². The number of nitrogens with zero attached hydrogens (tertiary/aromatic N) is 2. The average Bonchev–Trinajstić information content (AvgIpc) is 4.04. The number of hydrogen-bond acceptors (Lipinski definition) is 3. The van der Waals surface area contributed by atoms with E-state index in [4.69, 9.17) is 8.83 Å². The van der Waals surface area contributed by atoms with Crippen molar-refractivity contribution in [2.45, 2.75) is 0 Å². The van der Waals surface area contributed by atoms with Crippen LogP contribution in [0.5, 0.6) is 0 Å². The van der Waals surface area contributed by atoms with Gasteiger partial charge in [-0.3, -0.25) is 0 Å². The minimum Gasteiger partial charge on any atom is -0.456 e. The van der Waals surface area contributed by atoms with Crippen molar-refractivity contribution in [3.05, 3.63) is 231 Å². The zero-order valence-electron chi connectivity index (χ0n) is 34.7. The third-order valence-corrected chi connectivity index (χ3v) is 12.8. The molecule has 0 spiro atoms. The van der Waals surface area contributed by atoms with Crippen LogP contribution in [0.4, 0.5) is 17.1 Å². The Balaban J connectivity index is 0.906. The largest absolute Gasteiger partial charge is 0.456 e. The van der Waals surface area contributed by atoms with E-state index in [1.54, 1.807) is 0 Å². The fraction of sp³-hybridized carbons (Fsp3) is 0. The van der Waals surface area contributed by atoms with Gasteiger partial charge in [0.05, 0.1) is 11.0 Å². The van der Waals surface area contributed by atoms with Gasteiger partial charge in [-0.05, 0) is 94.5 Å². The molecule has 3 aromatic heterocycles. The number of benzene rings is 10. The van der Waals surface area contributed by atoms with E-state index in [-0.39, 0.29) is 0 Å². The first kappa shape index (κ1) is 36.1. The molecular weight excluding hydrogens is 781 g/mol. The van der Waals surface area contributed by atoms with Crippen molar-refractivity contribution in [1.82, 2.24) is 4.57 Å². The van der Waals surface area contributed by atoms with Gasteiger partial charge < -0.3 is 18.3 Å². The Morgan fingerprint density at radius 1 is 0.297 bits per heavy atom. The molecule has 4 nitrogen and oxygen atoms in total. The molecule has 4 heteroatoms. The van der Waals surface area contributed by atoms with Gasteiger partial charge in [-0.15, -0.1) is 0 Å². The lowest BCUT2D eigenvalue weighted by Crippen LogP contribution is -2.09. The van der Waals surface area contributed by atoms with Gasteiger partial charge in [-0.1, -0.05) is 152 Å². The van der Waals surface area contributed by atoms with E-state index in [1.807, 2.05) is 12.1 Å². The SMILES string of the molecule is c1ccc(-c2ccc(-c3ccc(N(c4ccc(-c5cccc6c5oc5ccccc56)cc4)c4ccc5c(c4)oc4cc(-n6c7ccccc7c7ccccc76)ccc45)cc3)cc2)cc1. The van der Waals surface area contributed by atoms with Crippen LogP contribution in [-0.2, 0) is 0 Å². The molecule has 3 heterocycles. The molecule has 0 N–H and O–H groups in total. The molecule has 300 valence electrons. The van der Waals surface area contributed by atoms with E-state index in [2.05, 4.69) is 228 Å². The average molecular weight is 819 g/mol. The van der Waals surface area contributed by atoms with Crippen molar-refractivity contribution in [3.63, 3.8) is 0 Å². The molecule has 0 aliphatic heterocycles. The van der Waals surface area contributed by atoms with Gasteiger partial charge in [0.25, 0.3) is 0 Å². The van der Waals surface area contributed by atoms with E-state index >= 15 is 0 Å². The number of para-hydroxylation sites is 4. The number of furan rings is 2. The molecular formula is C60H38N2O2. The van der Waals surface area contributed by atoms with E-state index in [1.165, 1.54) is 38.5 Å².